The van der Waals surface area contributed by atoms with Gasteiger partial charge in [-0.2, -0.15) is 0 Å². The first-order valence-electron chi connectivity index (χ1n) is 15.2. The molecular weight excluding hydrogens is 580 g/mol. The van der Waals surface area contributed by atoms with E-state index in [1.165, 1.54) is 30.6 Å². The van der Waals surface area contributed by atoms with Gasteiger partial charge < -0.3 is 19.1 Å². The summed E-state index contributed by atoms with van der Waals surface area (Å²) in [5.41, 5.74) is 0.585. The number of likely N-dealkylation sites (tertiary alicyclic amines) is 1. The molecule has 1 aliphatic heterocycles. The maximum atomic E-state index is 15.3. The Kier molecular flexibility index (Phi) is 8.76. The molecule has 45 heavy (non-hydrogen) atoms. The molecule has 10 heteroatoms. The molecule has 1 aromatic heterocycles. The predicted molar refractivity (Wildman–Crippen MR) is 164 cm³/mol. The lowest BCUT2D eigenvalue weighted by atomic mass is 9.88. The third-order valence-electron chi connectivity index (χ3n) is 8.86. The SMILES string of the molecule is COc1cc2c(Oc3ccc(CC(=O)C4(C(=O)Cc5ccc(F)cc5)CC4)cc3F)ncnc2cc1OCC1CCN(C)CC1. The molecule has 3 aromatic carbocycles. The number of benzene rings is 3. The summed E-state index contributed by atoms with van der Waals surface area (Å²) >= 11 is 0. The van der Waals surface area contributed by atoms with Gasteiger partial charge in [0.15, 0.2) is 34.6 Å². The van der Waals surface area contributed by atoms with Gasteiger partial charge in [0.05, 0.1) is 30.0 Å². The minimum absolute atomic E-state index is 0.0524. The van der Waals surface area contributed by atoms with E-state index in [0.717, 1.165) is 25.9 Å². The Morgan fingerprint density at radius 2 is 1.58 bits per heavy atom. The van der Waals surface area contributed by atoms with Crippen molar-refractivity contribution in [3.8, 4) is 23.1 Å². The summed E-state index contributed by atoms with van der Waals surface area (Å²) in [5, 5.41) is 0.523. The van der Waals surface area contributed by atoms with E-state index >= 15 is 4.39 Å². The topological polar surface area (TPSA) is 90.9 Å². The Balaban J connectivity index is 1.13. The molecule has 0 bridgehead atoms. The van der Waals surface area contributed by atoms with Crippen molar-refractivity contribution >= 4 is 22.5 Å². The van der Waals surface area contributed by atoms with E-state index in [1.54, 1.807) is 37.4 Å². The number of halogens is 2. The number of piperidine rings is 1. The molecule has 1 saturated heterocycles. The number of fused-ring (bicyclic) bond motifs is 1. The first-order chi connectivity index (χ1) is 21.7. The summed E-state index contributed by atoms with van der Waals surface area (Å²) < 4.78 is 46.1. The van der Waals surface area contributed by atoms with Crippen LogP contribution < -0.4 is 14.2 Å². The van der Waals surface area contributed by atoms with Gasteiger partial charge in [-0.05, 0) is 93.2 Å². The molecular formula is C35H35F2N3O5. The van der Waals surface area contributed by atoms with Gasteiger partial charge >= 0.3 is 0 Å². The van der Waals surface area contributed by atoms with Gasteiger partial charge in [0.1, 0.15) is 12.1 Å². The van der Waals surface area contributed by atoms with Gasteiger partial charge in [0.25, 0.3) is 0 Å². The van der Waals surface area contributed by atoms with Crippen molar-refractivity contribution in [2.24, 2.45) is 11.3 Å². The highest BCUT2D eigenvalue weighted by Crippen LogP contribution is 2.49. The summed E-state index contributed by atoms with van der Waals surface area (Å²) in [7, 11) is 3.67. The number of carbonyl (C=O) groups excluding carboxylic acids is 2. The minimum Gasteiger partial charge on any atom is -0.493 e. The van der Waals surface area contributed by atoms with E-state index in [2.05, 4.69) is 21.9 Å². The number of hydrogen-bond donors (Lipinski definition) is 0. The normalized spacial score (nSPS) is 16.4. The molecule has 0 amide bonds. The lowest BCUT2D eigenvalue weighted by molar-refractivity contribution is -0.133. The second-order valence-electron chi connectivity index (χ2n) is 12.0. The van der Waals surface area contributed by atoms with Crippen molar-refractivity contribution in [3.63, 3.8) is 0 Å². The smallest absolute Gasteiger partial charge is 0.230 e. The van der Waals surface area contributed by atoms with Gasteiger partial charge in [0, 0.05) is 18.9 Å². The number of rotatable bonds is 12. The molecule has 1 saturated carbocycles. The monoisotopic (exact) mass is 615 g/mol. The summed E-state index contributed by atoms with van der Waals surface area (Å²) in [4.78, 5) is 37.1. The van der Waals surface area contributed by atoms with Crippen LogP contribution >= 0.6 is 0 Å². The molecule has 1 aliphatic carbocycles. The van der Waals surface area contributed by atoms with Crippen LogP contribution in [-0.2, 0) is 22.4 Å². The second kappa shape index (κ2) is 12.9. The number of Topliss-reactive ketones (excluding diaryl/α,β-unsaturated/α-hetero) is 2. The molecule has 2 fully saturated rings. The lowest BCUT2D eigenvalue weighted by Gasteiger charge is -2.28. The lowest BCUT2D eigenvalue weighted by Crippen LogP contribution is -2.32. The number of aromatic nitrogens is 2. The maximum absolute atomic E-state index is 15.3. The van der Waals surface area contributed by atoms with Crippen molar-refractivity contribution < 1.29 is 32.6 Å². The van der Waals surface area contributed by atoms with Crippen LogP contribution in [0.1, 0.15) is 36.8 Å². The van der Waals surface area contributed by atoms with E-state index in [9.17, 15) is 14.0 Å². The molecule has 0 atom stereocenters. The Morgan fingerprint density at radius 3 is 2.24 bits per heavy atom. The summed E-state index contributed by atoms with van der Waals surface area (Å²) in [6.45, 7) is 2.67. The molecule has 6 rings (SSSR count). The van der Waals surface area contributed by atoms with Crippen molar-refractivity contribution in [2.75, 3.05) is 33.9 Å². The average Bonchev–Trinajstić information content (AvgIpc) is 3.85. The van der Waals surface area contributed by atoms with Crippen LogP contribution in [0, 0.1) is 23.0 Å². The van der Waals surface area contributed by atoms with Crippen LogP contribution in [0.3, 0.4) is 0 Å². The highest BCUT2D eigenvalue weighted by Gasteiger charge is 2.54. The number of hydrogen-bond acceptors (Lipinski definition) is 8. The summed E-state index contributed by atoms with van der Waals surface area (Å²) in [5.74, 6) is 0.107. The number of nitrogens with zero attached hydrogens (tertiary/aromatic N) is 3. The molecule has 2 heterocycles. The Morgan fingerprint density at radius 1 is 0.889 bits per heavy atom. The third kappa shape index (κ3) is 6.81. The Bertz CT molecular complexity index is 1720. The van der Waals surface area contributed by atoms with Crippen LogP contribution in [0.25, 0.3) is 10.9 Å². The highest BCUT2D eigenvalue weighted by molar-refractivity contribution is 6.10. The maximum Gasteiger partial charge on any atom is 0.230 e. The van der Waals surface area contributed by atoms with Gasteiger partial charge in [-0.25, -0.2) is 18.7 Å². The molecule has 0 radical (unpaired) electrons. The van der Waals surface area contributed by atoms with Crippen LogP contribution in [0.4, 0.5) is 8.78 Å². The first kappa shape index (κ1) is 30.6. The molecule has 0 spiro atoms. The summed E-state index contributed by atoms with van der Waals surface area (Å²) in [6.07, 6.45) is 4.38. The molecule has 234 valence electrons. The van der Waals surface area contributed by atoms with E-state index in [1.807, 2.05) is 0 Å². The van der Waals surface area contributed by atoms with Crippen LogP contribution in [0.15, 0.2) is 60.9 Å². The second-order valence-corrected chi connectivity index (χ2v) is 12.0. The fourth-order valence-electron chi connectivity index (χ4n) is 5.82. The standard InChI is InChI=1S/C35H35F2N3O5/c1-40-13-9-23(10-14-40)20-44-31-19-28-26(18-30(31)43-2)34(39-21-38-28)45-29-8-5-24(15-27(29)37)17-33(42)35(11-12-35)32(41)16-22-3-6-25(36)7-4-22/h3-8,15,18-19,21,23H,9-14,16-17,20H2,1-2H3. The van der Waals surface area contributed by atoms with E-state index < -0.39 is 11.2 Å². The van der Waals surface area contributed by atoms with Gasteiger partial charge in [-0.3, -0.25) is 9.59 Å². The van der Waals surface area contributed by atoms with Crippen molar-refractivity contribution in [1.29, 1.82) is 0 Å². The molecule has 0 unspecified atom stereocenters. The predicted octanol–water partition coefficient (Wildman–Crippen LogP) is 6.13. The molecule has 8 nitrogen and oxygen atoms in total. The summed E-state index contributed by atoms with van der Waals surface area (Å²) in [6, 6.07) is 13.5. The van der Waals surface area contributed by atoms with Gasteiger partial charge in [-0.1, -0.05) is 18.2 Å². The largest absolute Gasteiger partial charge is 0.493 e. The number of ether oxygens (including phenoxy) is 3. The van der Waals surface area contributed by atoms with Gasteiger partial charge in [0.2, 0.25) is 5.88 Å². The quantitative estimate of drug-likeness (QED) is 0.176. The van der Waals surface area contributed by atoms with E-state index in [4.69, 9.17) is 14.2 Å². The third-order valence-corrected chi connectivity index (χ3v) is 8.86. The fourth-order valence-corrected chi connectivity index (χ4v) is 5.82. The molecule has 0 N–H and O–H groups in total. The zero-order valence-corrected chi connectivity index (χ0v) is 25.4. The van der Waals surface area contributed by atoms with Crippen LogP contribution in [0.2, 0.25) is 0 Å². The zero-order chi connectivity index (χ0) is 31.6. The first-order valence-corrected chi connectivity index (χ1v) is 15.2. The Hall–Kier alpha value is -4.44. The van der Waals surface area contributed by atoms with Crippen molar-refractivity contribution in [2.45, 2.75) is 38.5 Å². The average molecular weight is 616 g/mol. The number of methoxy groups -OCH3 is 1. The highest BCUT2D eigenvalue weighted by atomic mass is 19.1. The number of carbonyl (C=O) groups is 2. The molecule has 4 aromatic rings. The van der Waals surface area contributed by atoms with Crippen molar-refractivity contribution in [3.05, 3.63) is 83.7 Å². The number of ketones is 2. The zero-order valence-electron chi connectivity index (χ0n) is 25.4. The minimum atomic E-state index is -1.06. The molecule has 2 aliphatic rings. The fraction of sp³-hybridized carbons (Fsp3) is 0.371. The van der Waals surface area contributed by atoms with E-state index in [0.29, 0.717) is 58.9 Å². The van der Waals surface area contributed by atoms with Crippen LogP contribution in [0.5, 0.6) is 23.1 Å². The van der Waals surface area contributed by atoms with Crippen molar-refractivity contribution in [1.82, 2.24) is 14.9 Å². The van der Waals surface area contributed by atoms with E-state index in [-0.39, 0.29) is 41.9 Å². The Labute approximate surface area is 260 Å². The van der Waals surface area contributed by atoms with Gasteiger partial charge in [-0.15, -0.1) is 0 Å². The van der Waals surface area contributed by atoms with Crippen LogP contribution in [-0.4, -0.2) is 60.3 Å².